The summed E-state index contributed by atoms with van der Waals surface area (Å²) in [6.45, 7) is -0.208. The minimum absolute atomic E-state index is 0.0215. The van der Waals surface area contributed by atoms with Crippen molar-refractivity contribution in [3.63, 3.8) is 0 Å². The van der Waals surface area contributed by atoms with Crippen LogP contribution < -0.4 is 10.6 Å². The molecule has 8 heteroatoms. The van der Waals surface area contributed by atoms with Gasteiger partial charge in [0.2, 0.25) is 5.91 Å². The van der Waals surface area contributed by atoms with Crippen LogP contribution >= 0.6 is 11.3 Å². The van der Waals surface area contributed by atoms with E-state index in [1.165, 1.54) is 11.3 Å². The molecule has 0 aliphatic carbocycles. The summed E-state index contributed by atoms with van der Waals surface area (Å²) in [4.78, 5) is 34.4. The topological polar surface area (TPSA) is 116 Å². The van der Waals surface area contributed by atoms with Crippen LogP contribution in [0, 0.1) is 0 Å². The summed E-state index contributed by atoms with van der Waals surface area (Å²) in [5.41, 5.74) is 0. The zero-order chi connectivity index (χ0) is 15.0. The largest absolute Gasteiger partial charge is 0.480 e. The number of aliphatic hydroxyl groups is 1. The molecule has 110 valence electrons. The standard InChI is InChI=1S/C12H16N2O5S/c15-6-4-8(12(18)19)14-10(16)3-5-13-11(17)9-2-1-7-20-9/h1-2,7-8,15H,3-6H2,(H,13,17)(H,14,16)(H,18,19)/t8-/m1/s1. The lowest BCUT2D eigenvalue weighted by Gasteiger charge is -2.13. The lowest BCUT2D eigenvalue weighted by Crippen LogP contribution is -2.42. The molecule has 0 spiro atoms. The molecule has 1 heterocycles. The van der Waals surface area contributed by atoms with E-state index >= 15 is 0 Å². The van der Waals surface area contributed by atoms with E-state index in [1.807, 2.05) is 0 Å². The third-order valence-corrected chi connectivity index (χ3v) is 3.30. The van der Waals surface area contributed by atoms with Crippen molar-refractivity contribution in [3.05, 3.63) is 22.4 Å². The first-order valence-corrected chi connectivity index (χ1v) is 6.87. The molecule has 20 heavy (non-hydrogen) atoms. The number of aliphatic hydroxyl groups excluding tert-OH is 1. The average molecular weight is 300 g/mol. The summed E-state index contributed by atoms with van der Waals surface area (Å²) in [6, 6.07) is 2.31. The van der Waals surface area contributed by atoms with Gasteiger partial charge >= 0.3 is 5.97 Å². The highest BCUT2D eigenvalue weighted by Crippen LogP contribution is 2.07. The molecule has 1 aromatic rings. The average Bonchev–Trinajstić information content (AvgIpc) is 2.91. The van der Waals surface area contributed by atoms with Crippen LogP contribution in [0.3, 0.4) is 0 Å². The van der Waals surface area contributed by atoms with Crippen molar-refractivity contribution >= 4 is 29.1 Å². The number of carboxylic acids is 1. The van der Waals surface area contributed by atoms with Crippen molar-refractivity contribution < 1.29 is 24.6 Å². The summed E-state index contributed by atoms with van der Waals surface area (Å²) in [6.07, 6.45) is -0.0745. The second-order valence-corrected chi connectivity index (χ2v) is 4.90. The number of thiophene rings is 1. The van der Waals surface area contributed by atoms with Crippen LogP contribution in [-0.4, -0.2) is 47.2 Å². The van der Waals surface area contributed by atoms with Crippen LogP contribution in [0.15, 0.2) is 17.5 Å². The second-order valence-electron chi connectivity index (χ2n) is 3.95. The van der Waals surface area contributed by atoms with Crippen molar-refractivity contribution in [3.8, 4) is 0 Å². The summed E-state index contributed by atoms with van der Waals surface area (Å²) >= 11 is 1.29. The monoisotopic (exact) mass is 300 g/mol. The Morgan fingerprint density at radius 2 is 2.10 bits per heavy atom. The van der Waals surface area contributed by atoms with Gasteiger partial charge in [0.05, 0.1) is 4.88 Å². The van der Waals surface area contributed by atoms with Crippen LogP contribution in [0.2, 0.25) is 0 Å². The summed E-state index contributed by atoms with van der Waals surface area (Å²) in [7, 11) is 0. The molecule has 0 radical (unpaired) electrons. The number of amides is 2. The van der Waals surface area contributed by atoms with E-state index in [2.05, 4.69) is 10.6 Å². The number of carbonyl (C=O) groups excluding carboxylic acids is 2. The smallest absolute Gasteiger partial charge is 0.326 e. The predicted molar refractivity (Wildman–Crippen MR) is 72.5 cm³/mol. The zero-order valence-corrected chi connectivity index (χ0v) is 11.5. The Bertz CT molecular complexity index is 460. The van der Waals surface area contributed by atoms with Gasteiger partial charge in [0.1, 0.15) is 6.04 Å². The van der Waals surface area contributed by atoms with Crippen molar-refractivity contribution in [1.29, 1.82) is 0 Å². The van der Waals surface area contributed by atoms with Crippen LogP contribution in [0.1, 0.15) is 22.5 Å². The molecular weight excluding hydrogens is 284 g/mol. The van der Waals surface area contributed by atoms with E-state index < -0.39 is 17.9 Å². The molecule has 0 saturated heterocycles. The minimum Gasteiger partial charge on any atom is -0.480 e. The molecule has 0 aromatic carbocycles. The van der Waals surface area contributed by atoms with Gasteiger partial charge in [-0.1, -0.05) is 6.07 Å². The summed E-state index contributed by atoms with van der Waals surface area (Å²) in [5, 5.41) is 24.1. The fourth-order valence-electron chi connectivity index (χ4n) is 1.44. The first-order chi connectivity index (χ1) is 9.54. The molecule has 0 bridgehead atoms. The van der Waals surface area contributed by atoms with Gasteiger partial charge in [0, 0.05) is 26.0 Å². The molecule has 4 N–H and O–H groups in total. The maximum absolute atomic E-state index is 11.6. The molecule has 0 aliphatic heterocycles. The Balaban J connectivity index is 2.29. The molecule has 0 aliphatic rings. The molecular formula is C12H16N2O5S. The number of hydrogen-bond donors (Lipinski definition) is 4. The fraction of sp³-hybridized carbons (Fsp3) is 0.417. The van der Waals surface area contributed by atoms with E-state index in [1.54, 1.807) is 17.5 Å². The van der Waals surface area contributed by atoms with E-state index in [0.29, 0.717) is 4.88 Å². The molecule has 1 rings (SSSR count). The van der Waals surface area contributed by atoms with Crippen LogP contribution in [0.5, 0.6) is 0 Å². The van der Waals surface area contributed by atoms with Gasteiger partial charge in [0.25, 0.3) is 5.91 Å². The van der Waals surface area contributed by atoms with Gasteiger partial charge < -0.3 is 20.8 Å². The van der Waals surface area contributed by atoms with E-state index in [4.69, 9.17) is 10.2 Å². The lowest BCUT2D eigenvalue weighted by atomic mass is 10.2. The lowest BCUT2D eigenvalue weighted by molar-refractivity contribution is -0.142. The number of carboxylic acid groups (broad SMARTS) is 1. The fourth-order valence-corrected chi connectivity index (χ4v) is 2.08. The Morgan fingerprint density at radius 1 is 1.35 bits per heavy atom. The Morgan fingerprint density at radius 3 is 2.65 bits per heavy atom. The molecule has 1 aromatic heterocycles. The van der Waals surface area contributed by atoms with Crippen molar-refractivity contribution in [1.82, 2.24) is 10.6 Å². The zero-order valence-electron chi connectivity index (χ0n) is 10.7. The van der Waals surface area contributed by atoms with Crippen molar-refractivity contribution in [2.75, 3.05) is 13.2 Å². The Kier molecular flexibility index (Phi) is 6.68. The first-order valence-electron chi connectivity index (χ1n) is 5.99. The Hall–Kier alpha value is -1.93. The van der Waals surface area contributed by atoms with Gasteiger partial charge in [-0.25, -0.2) is 4.79 Å². The molecule has 7 nitrogen and oxygen atoms in total. The third kappa shape index (κ3) is 5.37. The van der Waals surface area contributed by atoms with Gasteiger partial charge in [-0.2, -0.15) is 0 Å². The van der Waals surface area contributed by atoms with Crippen molar-refractivity contribution in [2.24, 2.45) is 0 Å². The SMILES string of the molecule is O=C(CCNC(=O)c1cccs1)N[C@H](CCO)C(=O)O. The van der Waals surface area contributed by atoms with Gasteiger partial charge in [-0.05, 0) is 11.4 Å². The number of aliphatic carboxylic acids is 1. The normalized spacial score (nSPS) is 11.7. The third-order valence-electron chi connectivity index (χ3n) is 2.43. The predicted octanol–water partition coefficient (Wildman–Crippen LogP) is -0.180. The van der Waals surface area contributed by atoms with Crippen LogP contribution in [0.25, 0.3) is 0 Å². The summed E-state index contributed by atoms with van der Waals surface area (Å²) in [5.74, 6) is -1.95. The molecule has 0 saturated carbocycles. The quantitative estimate of drug-likeness (QED) is 0.531. The van der Waals surface area contributed by atoms with E-state index in [9.17, 15) is 14.4 Å². The highest BCUT2D eigenvalue weighted by atomic mass is 32.1. The number of rotatable bonds is 8. The number of hydrogen-bond acceptors (Lipinski definition) is 5. The highest BCUT2D eigenvalue weighted by Gasteiger charge is 2.18. The highest BCUT2D eigenvalue weighted by molar-refractivity contribution is 7.12. The van der Waals surface area contributed by atoms with Gasteiger partial charge in [-0.3, -0.25) is 9.59 Å². The maximum Gasteiger partial charge on any atom is 0.326 e. The molecule has 2 amide bonds. The molecule has 0 unspecified atom stereocenters. The van der Waals surface area contributed by atoms with E-state index in [0.717, 1.165) is 0 Å². The van der Waals surface area contributed by atoms with Crippen molar-refractivity contribution in [2.45, 2.75) is 18.9 Å². The maximum atomic E-state index is 11.6. The number of nitrogens with one attached hydrogen (secondary N) is 2. The van der Waals surface area contributed by atoms with Gasteiger partial charge in [-0.15, -0.1) is 11.3 Å². The molecule has 0 fully saturated rings. The van der Waals surface area contributed by atoms with Crippen LogP contribution in [0.4, 0.5) is 0 Å². The first kappa shape index (κ1) is 16.1. The number of carbonyl (C=O) groups is 3. The molecule has 1 atom stereocenters. The van der Waals surface area contributed by atoms with E-state index in [-0.39, 0.29) is 31.9 Å². The minimum atomic E-state index is -1.20. The summed E-state index contributed by atoms with van der Waals surface area (Å²) < 4.78 is 0. The van der Waals surface area contributed by atoms with Gasteiger partial charge in [0.15, 0.2) is 0 Å². The van der Waals surface area contributed by atoms with Crippen LogP contribution in [-0.2, 0) is 9.59 Å². The second kappa shape index (κ2) is 8.28. The Labute approximate surface area is 119 Å².